The summed E-state index contributed by atoms with van der Waals surface area (Å²) in [5.74, 6) is 0. The lowest BCUT2D eigenvalue weighted by Crippen LogP contribution is -1.80. The summed E-state index contributed by atoms with van der Waals surface area (Å²) in [4.78, 5) is 4.27. The van der Waals surface area contributed by atoms with E-state index in [0.29, 0.717) is 0 Å². The van der Waals surface area contributed by atoms with Crippen LogP contribution < -0.4 is 0 Å². The Bertz CT molecular complexity index is 428. The van der Waals surface area contributed by atoms with Crippen LogP contribution in [0, 0.1) is 3.57 Å². The summed E-state index contributed by atoms with van der Waals surface area (Å²) >= 11 is 5.78. The summed E-state index contributed by atoms with van der Waals surface area (Å²) in [5, 5.41) is 1.18. The molecule has 0 spiro atoms. The first kappa shape index (κ1) is 8.44. The van der Waals surface area contributed by atoms with E-state index in [1.54, 1.807) is 6.20 Å². The Morgan fingerprint density at radius 2 is 2.17 bits per heavy atom. The Kier molecular flexibility index (Phi) is 2.32. The summed E-state index contributed by atoms with van der Waals surface area (Å²) in [5.41, 5.74) is 1.03. The Morgan fingerprint density at radius 1 is 1.33 bits per heavy atom. The number of hydrogen-bond acceptors (Lipinski definition) is 1. The van der Waals surface area contributed by atoms with E-state index in [1.165, 1.54) is 8.96 Å². The van der Waals surface area contributed by atoms with Crippen LogP contribution in [0.3, 0.4) is 0 Å². The largest absolute Gasteiger partial charge is 0.255 e. The Balaban J connectivity index is 2.89. The molecule has 0 saturated carbocycles. The van der Waals surface area contributed by atoms with Crippen molar-refractivity contribution in [1.82, 2.24) is 4.98 Å². The Hall–Kier alpha value is -0.160. The number of rotatable bonds is 0. The van der Waals surface area contributed by atoms with E-state index in [-0.39, 0.29) is 0 Å². The number of nitrogens with zero attached hydrogens (tertiary/aromatic N) is 1. The predicted molar refractivity (Wildman–Crippen MR) is 62.2 cm³/mol. The standard InChI is InChI=1S/C9H5BrIN/c10-8-5-7(11)4-6-2-1-3-12-9(6)8/h1-5H. The lowest BCUT2D eigenvalue weighted by atomic mass is 10.2. The molecule has 12 heavy (non-hydrogen) atoms. The van der Waals surface area contributed by atoms with Crippen LogP contribution in [0.2, 0.25) is 0 Å². The first-order valence-electron chi connectivity index (χ1n) is 3.47. The molecular formula is C9H5BrIN. The van der Waals surface area contributed by atoms with Gasteiger partial charge in [-0.05, 0) is 56.7 Å². The number of hydrogen-bond donors (Lipinski definition) is 0. The molecule has 1 aromatic carbocycles. The topological polar surface area (TPSA) is 12.9 Å². The Morgan fingerprint density at radius 3 is 3.00 bits per heavy atom. The molecule has 60 valence electrons. The maximum atomic E-state index is 4.27. The van der Waals surface area contributed by atoms with Crippen molar-refractivity contribution in [2.45, 2.75) is 0 Å². The van der Waals surface area contributed by atoms with Crippen molar-refractivity contribution < 1.29 is 0 Å². The van der Waals surface area contributed by atoms with Gasteiger partial charge in [-0.2, -0.15) is 0 Å². The van der Waals surface area contributed by atoms with E-state index in [2.05, 4.69) is 61.7 Å². The van der Waals surface area contributed by atoms with Crippen LogP contribution in [-0.2, 0) is 0 Å². The molecule has 0 fully saturated rings. The zero-order valence-electron chi connectivity index (χ0n) is 6.09. The van der Waals surface area contributed by atoms with Gasteiger partial charge in [-0.3, -0.25) is 4.98 Å². The molecule has 0 atom stereocenters. The van der Waals surface area contributed by atoms with Crippen molar-refractivity contribution in [3.63, 3.8) is 0 Å². The zero-order valence-corrected chi connectivity index (χ0v) is 9.83. The fourth-order valence-electron chi connectivity index (χ4n) is 1.11. The quantitative estimate of drug-likeness (QED) is 0.671. The molecule has 0 N–H and O–H groups in total. The molecule has 1 heterocycles. The van der Waals surface area contributed by atoms with Gasteiger partial charge in [-0.25, -0.2) is 0 Å². The molecule has 0 aliphatic carbocycles. The second-order valence-electron chi connectivity index (χ2n) is 2.46. The summed E-state index contributed by atoms with van der Waals surface area (Å²) in [6.07, 6.45) is 1.81. The molecule has 0 bridgehead atoms. The van der Waals surface area contributed by atoms with Gasteiger partial charge in [0.05, 0.1) is 5.52 Å². The number of fused-ring (bicyclic) bond motifs is 1. The van der Waals surface area contributed by atoms with Crippen molar-refractivity contribution in [3.8, 4) is 0 Å². The molecule has 3 heteroatoms. The number of pyridine rings is 1. The van der Waals surface area contributed by atoms with Crippen molar-refractivity contribution in [3.05, 3.63) is 38.5 Å². The molecule has 0 unspecified atom stereocenters. The van der Waals surface area contributed by atoms with Gasteiger partial charge in [0, 0.05) is 19.6 Å². The van der Waals surface area contributed by atoms with E-state index in [0.717, 1.165) is 9.99 Å². The lowest BCUT2D eigenvalue weighted by molar-refractivity contribution is 1.40. The third kappa shape index (κ3) is 1.47. The van der Waals surface area contributed by atoms with E-state index < -0.39 is 0 Å². The van der Waals surface area contributed by atoms with Crippen molar-refractivity contribution in [2.24, 2.45) is 0 Å². The van der Waals surface area contributed by atoms with E-state index in [4.69, 9.17) is 0 Å². The van der Waals surface area contributed by atoms with E-state index in [9.17, 15) is 0 Å². The van der Waals surface area contributed by atoms with Crippen LogP contribution in [0.25, 0.3) is 10.9 Å². The predicted octanol–water partition coefficient (Wildman–Crippen LogP) is 3.60. The number of benzene rings is 1. The molecule has 0 aliphatic heterocycles. The monoisotopic (exact) mass is 333 g/mol. The minimum atomic E-state index is 1.03. The smallest absolute Gasteiger partial charge is 0.0844 e. The first-order valence-corrected chi connectivity index (χ1v) is 5.34. The van der Waals surface area contributed by atoms with Gasteiger partial charge in [-0.15, -0.1) is 0 Å². The van der Waals surface area contributed by atoms with E-state index in [1.807, 2.05) is 6.07 Å². The van der Waals surface area contributed by atoms with Gasteiger partial charge >= 0.3 is 0 Å². The average molecular weight is 334 g/mol. The maximum absolute atomic E-state index is 4.27. The second-order valence-corrected chi connectivity index (χ2v) is 4.56. The van der Waals surface area contributed by atoms with Crippen LogP contribution in [-0.4, -0.2) is 4.98 Å². The third-order valence-corrected chi connectivity index (χ3v) is 2.85. The van der Waals surface area contributed by atoms with Crippen LogP contribution >= 0.6 is 38.5 Å². The molecule has 1 nitrogen and oxygen atoms in total. The lowest BCUT2D eigenvalue weighted by Gasteiger charge is -1.99. The molecule has 0 saturated heterocycles. The second kappa shape index (κ2) is 3.30. The molecular weight excluding hydrogens is 329 g/mol. The SMILES string of the molecule is Brc1cc(I)cc2cccnc12. The summed E-state index contributed by atoms with van der Waals surface area (Å²) in [7, 11) is 0. The molecule has 0 aliphatic rings. The van der Waals surface area contributed by atoms with Crippen LogP contribution in [0.15, 0.2) is 34.9 Å². The fourth-order valence-corrected chi connectivity index (χ4v) is 2.77. The minimum absolute atomic E-state index is 1.03. The summed E-state index contributed by atoms with van der Waals surface area (Å²) in [6, 6.07) is 8.20. The highest BCUT2D eigenvalue weighted by molar-refractivity contribution is 14.1. The van der Waals surface area contributed by atoms with Gasteiger partial charge in [0.15, 0.2) is 0 Å². The average Bonchev–Trinajstić information content (AvgIpc) is 2.04. The van der Waals surface area contributed by atoms with Gasteiger partial charge < -0.3 is 0 Å². The summed E-state index contributed by atoms with van der Waals surface area (Å²) < 4.78 is 2.28. The highest BCUT2D eigenvalue weighted by Crippen LogP contribution is 2.24. The third-order valence-electron chi connectivity index (χ3n) is 1.62. The zero-order chi connectivity index (χ0) is 8.55. The molecule has 0 amide bonds. The van der Waals surface area contributed by atoms with Crippen molar-refractivity contribution >= 4 is 49.4 Å². The fraction of sp³-hybridized carbons (Fsp3) is 0. The van der Waals surface area contributed by atoms with Gasteiger partial charge in [0.25, 0.3) is 0 Å². The van der Waals surface area contributed by atoms with Gasteiger partial charge in [0.2, 0.25) is 0 Å². The molecule has 1 aromatic heterocycles. The highest BCUT2D eigenvalue weighted by atomic mass is 127. The maximum Gasteiger partial charge on any atom is 0.0844 e. The number of halogens is 2. The van der Waals surface area contributed by atoms with Gasteiger partial charge in [0.1, 0.15) is 0 Å². The Labute approximate surface area is 92.5 Å². The normalized spacial score (nSPS) is 10.5. The molecule has 2 aromatic rings. The highest BCUT2D eigenvalue weighted by Gasteiger charge is 1.99. The van der Waals surface area contributed by atoms with Crippen LogP contribution in [0.5, 0.6) is 0 Å². The van der Waals surface area contributed by atoms with Crippen molar-refractivity contribution in [2.75, 3.05) is 0 Å². The molecule has 2 rings (SSSR count). The van der Waals surface area contributed by atoms with E-state index >= 15 is 0 Å². The van der Waals surface area contributed by atoms with Crippen LogP contribution in [0.4, 0.5) is 0 Å². The first-order chi connectivity index (χ1) is 5.77. The summed E-state index contributed by atoms with van der Waals surface area (Å²) in [6.45, 7) is 0. The number of aromatic nitrogens is 1. The molecule has 0 radical (unpaired) electrons. The minimum Gasteiger partial charge on any atom is -0.255 e. The van der Waals surface area contributed by atoms with Gasteiger partial charge in [-0.1, -0.05) is 6.07 Å². The van der Waals surface area contributed by atoms with Crippen molar-refractivity contribution in [1.29, 1.82) is 0 Å². The van der Waals surface area contributed by atoms with Crippen LogP contribution in [0.1, 0.15) is 0 Å².